The van der Waals surface area contributed by atoms with Gasteiger partial charge in [0.2, 0.25) is 0 Å². The number of piperazine rings is 1. The van der Waals surface area contributed by atoms with Crippen molar-refractivity contribution >= 4 is 17.0 Å². The lowest BCUT2D eigenvalue weighted by atomic mass is 10.3. The van der Waals surface area contributed by atoms with Gasteiger partial charge in [0.05, 0.1) is 0 Å². The Bertz CT molecular complexity index is 417. The molecule has 1 saturated heterocycles. The Morgan fingerprint density at radius 1 is 0.667 bits per heavy atom. The molecule has 1 aliphatic heterocycles. The van der Waals surface area contributed by atoms with E-state index in [4.69, 9.17) is 13.3 Å². The maximum Gasteiger partial charge on any atom is 0.500 e. The number of hydrogen-bond acceptors (Lipinski definition) is 5. The Balaban J connectivity index is 2.55. The molecule has 1 aliphatic rings. The first-order chi connectivity index (χ1) is 14.2. The van der Waals surface area contributed by atoms with Crippen LogP contribution in [0.15, 0.2) is 0 Å². The number of rotatable bonds is 15. The van der Waals surface area contributed by atoms with Gasteiger partial charge in [-0.3, -0.25) is 0 Å². The minimum Gasteiger partial charge on any atom is -0.374 e. The number of nitrogens with zero attached hydrogens (tertiary/aromatic N) is 2. The van der Waals surface area contributed by atoms with E-state index >= 15 is 0 Å². The van der Waals surface area contributed by atoms with Crippen molar-refractivity contribution in [2.24, 2.45) is 0 Å². The first-order valence-corrected chi connectivity index (χ1v) is 16.7. The SMILES string of the molecule is CCO[Si](CCCCN1CCN([Si](C(C)C)(C(C)C)C(C)C)CC1)(OCC)OCC. The Labute approximate surface area is 190 Å². The van der Waals surface area contributed by atoms with Gasteiger partial charge >= 0.3 is 8.80 Å². The lowest BCUT2D eigenvalue weighted by Crippen LogP contribution is -2.65. The summed E-state index contributed by atoms with van der Waals surface area (Å²) in [5.74, 6) is 0. The molecule has 0 amide bonds. The molecule has 0 aromatic heterocycles. The molecule has 5 nitrogen and oxygen atoms in total. The van der Waals surface area contributed by atoms with Gasteiger partial charge in [0.25, 0.3) is 0 Å². The number of unbranched alkanes of at least 4 members (excludes halogenated alkanes) is 1. The summed E-state index contributed by atoms with van der Waals surface area (Å²) in [6, 6.07) is 0.937. The van der Waals surface area contributed by atoms with Gasteiger partial charge in [-0.1, -0.05) is 41.5 Å². The predicted octanol–water partition coefficient (Wildman–Crippen LogP) is 5.61. The van der Waals surface area contributed by atoms with E-state index in [1.54, 1.807) is 0 Å². The minimum absolute atomic E-state index is 0.668. The van der Waals surface area contributed by atoms with Crippen molar-refractivity contribution in [3.8, 4) is 0 Å². The van der Waals surface area contributed by atoms with Crippen molar-refractivity contribution in [1.82, 2.24) is 9.47 Å². The van der Waals surface area contributed by atoms with Crippen molar-refractivity contribution in [3.63, 3.8) is 0 Å². The minimum atomic E-state index is -2.48. The Morgan fingerprint density at radius 2 is 1.10 bits per heavy atom. The highest BCUT2D eigenvalue weighted by Crippen LogP contribution is 2.44. The van der Waals surface area contributed by atoms with Gasteiger partial charge in [-0.15, -0.1) is 0 Å². The highest BCUT2D eigenvalue weighted by Gasteiger charge is 2.48. The molecule has 1 fully saturated rings. The van der Waals surface area contributed by atoms with Crippen LogP contribution in [0.4, 0.5) is 0 Å². The largest absolute Gasteiger partial charge is 0.500 e. The summed E-state index contributed by atoms with van der Waals surface area (Å²) in [7, 11) is -3.96. The van der Waals surface area contributed by atoms with Crippen LogP contribution in [-0.2, 0) is 13.3 Å². The molecular weight excluding hydrogens is 408 g/mol. The molecule has 0 atom stereocenters. The van der Waals surface area contributed by atoms with Crippen LogP contribution in [0, 0.1) is 0 Å². The highest BCUT2D eigenvalue weighted by molar-refractivity contribution is 6.81. The van der Waals surface area contributed by atoms with Gasteiger partial charge in [0.15, 0.2) is 0 Å². The van der Waals surface area contributed by atoms with E-state index in [0.717, 1.165) is 29.1 Å². The fraction of sp³-hybridized carbons (Fsp3) is 1.00. The van der Waals surface area contributed by atoms with Gasteiger partial charge in [-0.2, -0.15) is 0 Å². The van der Waals surface area contributed by atoms with Gasteiger partial charge in [0, 0.05) is 52.0 Å². The maximum atomic E-state index is 6.00. The zero-order valence-electron chi connectivity index (χ0n) is 21.6. The molecule has 0 aromatic carbocycles. The van der Waals surface area contributed by atoms with Crippen LogP contribution in [0.1, 0.15) is 75.2 Å². The first-order valence-electron chi connectivity index (χ1n) is 12.6. The Hall–Kier alpha value is 0.234. The van der Waals surface area contributed by atoms with Crippen LogP contribution >= 0.6 is 0 Å². The second-order valence-corrected chi connectivity index (χ2v) is 18.2. The fourth-order valence-corrected chi connectivity index (χ4v) is 16.0. The molecular formula is C23H52N2O3Si2. The molecule has 0 bridgehead atoms. The van der Waals surface area contributed by atoms with Crippen molar-refractivity contribution < 1.29 is 13.3 Å². The summed E-state index contributed by atoms with van der Waals surface area (Å²) in [4.78, 5) is 2.67. The van der Waals surface area contributed by atoms with Crippen molar-refractivity contribution in [2.45, 2.75) is 97.8 Å². The van der Waals surface area contributed by atoms with Gasteiger partial charge in [0.1, 0.15) is 8.24 Å². The van der Waals surface area contributed by atoms with E-state index in [2.05, 4.69) is 51.0 Å². The van der Waals surface area contributed by atoms with E-state index in [1.807, 2.05) is 20.8 Å². The van der Waals surface area contributed by atoms with E-state index in [1.165, 1.54) is 39.1 Å². The molecule has 1 rings (SSSR count). The molecule has 0 saturated carbocycles. The third kappa shape index (κ3) is 7.12. The normalized spacial score (nSPS) is 17.6. The highest BCUT2D eigenvalue weighted by atomic mass is 28.4. The van der Waals surface area contributed by atoms with Crippen LogP contribution in [-0.4, -0.2) is 79.0 Å². The van der Waals surface area contributed by atoms with Gasteiger partial charge in [-0.25, -0.2) is 0 Å². The van der Waals surface area contributed by atoms with Gasteiger partial charge < -0.3 is 22.7 Å². The molecule has 0 spiro atoms. The summed E-state index contributed by atoms with van der Waals surface area (Å²) in [6.07, 6.45) is 2.32. The third-order valence-corrected chi connectivity index (χ3v) is 17.2. The Kier molecular flexibility index (Phi) is 12.9. The standard InChI is InChI=1S/C23H52N2O3Si2/c1-10-26-29(27-11-2,28-12-3)20-14-13-15-24-16-18-25(19-17-24)30(21(4)5,22(6)7)23(8)9/h21-23H,10-20H2,1-9H3. The average molecular weight is 461 g/mol. The van der Waals surface area contributed by atoms with Crippen LogP contribution in [0.25, 0.3) is 0 Å². The molecule has 180 valence electrons. The summed E-state index contributed by atoms with van der Waals surface area (Å²) < 4.78 is 20.9. The molecule has 30 heavy (non-hydrogen) atoms. The Morgan fingerprint density at radius 3 is 1.47 bits per heavy atom. The summed E-state index contributed by atoms with van der Waals surface area (Å²) in [5, 5.41) is 0. The van der Waals surface area contributed by atoms with E-state index < -0.39 is 17.0 Å². The van der Waals surface area contributed by atoms with Crippen LogP contribution in [0.5, 0.6) is 0 Å². The second kappa shape index (κ2) is 13.7. The van der Waals surface area contributed by atoms with E-state index in [0.29, 0.717) is 19.8 Å². The molecule has 0 unspecified atom stereocenters. The molecule has 1 heterocycles. The molecule has 0 aromatic rings. The zero-order valence-corrected chi connectivity index (χ0v) is 23.6. The summed E-state index contributed by atoms with van der Waals surface area (Å²) in [5.41, 5.74) is 2.41. The van der Waals surface area contributed by atoms with Crippen molar-refractivity contribution in [3.05, 3.63) is 0 Å². The van der Waals surface area contributed by atoms with Crippen LogP contribution < -0.4 is 0 Å². The monoisotopic (exact) mass is 460 g/mol. The molecule has 0 N–H and O–H groups in total. The molecule has 7 heteroatoms. The summed E-state index contributed by atoms with van der Waals surface area (Å²) in [6.45, 7) is 29.1. The maximum absolute atomic E-state index is 6.00. The molecule has 0 aliphatic carbocycles. The average Bonchev–Trinajstić information content (AvgIpc) is 2.66. The van der Waals surface area contributed by atoms with Crippen molar-refractivity contribution in [2.75, 3.05) is 52.5 Å². The quantitative estimate of drug-likeness (QED) is 0.234. The van der Waals surface area contributed by atoms with Crippen molar-refractivity contribution in [1.29, 1.82) is 0 Å². The summed E-state index contributed by atoms with van der Waals surface area (Å²) >= 11 is 0. The van der Waals surface area contributed by atoms with Crippen LogP contribution in [0.3, 0.4) is 0 Å². The predicted molar refractivity (Wildman–Crippen MR) is 134 cm³/mol. The van der Waals surface area contributed by atoms with Crippen LogP contribution in [0.2, 0.25) is 22.7 Å². The van der Waals surface area contributed by atoms with E-state index in [9.17, 15) is 0 Å². The lowest BCUT2D eigenvalue weighted by molar-refractivity contribution is 0.0703. The lowest BCUT2D eigenvalue weighted by Gasteiger charge is -2.53. The zero-order chi connectivity index (χ0) is 22.8. The smallest absolute Gasteiger partial charge is 0.374 e. The fourth-order valence-electron chi connectivity index (χ4n) is 6.13. The number of hydrogen-bond donors (Lipinski definition) is 0. The molecule has 0 radical (unpaired) electrons. The van der Waals surface area contributed by atoms with Gasteiger partial charge in [-0.05, 0) is 56.8 Å². The third-order valence-electron chi connectivity index (χ3n) is 6.99. The van der Waals surface area contributed by atoms with E-state index in [-0.39, 0.29) is 0 Å². The second-order valence-electron chi connectivity index (χ2n) is 9.62. The first kappa shape index (κ1) is 28.3. The topological polar surface area (TPSA) is 34.2 Å².